The van der Waals surface area contributed by atoms with E-state index in [0.29, 0.717) is 21.7 Å². The Labute approximate surface area is 160 Å². The maximum absolute atomic E-state index is 13.3. The molecule has 0 saturated heterocycles. The molecule has 3 aromatic rings. The quantitative estimate of drug-likeness (QED) is 0.521. The van der Waals surface area contributed by atoms with Crippen molar-refractivity contribution < 1.29 is 9.18 Å². The van der Waals surface area contributed by atoms with Crippen molar-refractivity contribution in [1.29, 1.82) is 0 Å². The lowest BCUT2D eigenvalue weighted by molar-refractivity contribution is -0.119. The number of para-hydroxylation sites is 1. The molecule has 2 aromatic carbocycles. The minimum atomic E-state index is -0.386. The molecule has 1 heterocycles. The fourth-order valence-electron chi connectivity index (χ4n) is 2.58. The molecule has 0 aliphatic heterocycles. The van der Waals surface area contributed by atoms with E-state index in [1.807, 2.05) is 13.8 Å². The summed E-state index contributed by atoms with van der Waals surface area (Å²) >= 11 is 1.18. The molecule has 1 aromatic heterocycles. The molecule has 0 unspecified atom stereocenters. The summed E-state index contributed by atoms with van der Waals surface area (Å²) in [5.41, 5.74) is 0.812. The summed E-state index contributed by atoms with van der Waals surface area (Å²) in [7, 11) is 0. The Kier molecular flexibility index (Phi) is 5.91. The van der Waals surface area contributed by atoms with Crippen LogP contribution in [0.25, 0.3) is 16.6 Å². The van der Waals surface area contributed by atoms with Gasteiger partial charge in [0.05, 0.1) is 22.3 Å². The van der Waals surface area contributed by atoms with E-state index in [2.05, 4.69) is 10.3 Å². The number of hydrogen-bond acceptors (Lipinski definition) is 4. The number of thioether (sulfide) groups is 1. The first kappa shape index (κ1) is 19.1. The smallest absolute Gasteiger partial charge is 0.266 e. The van der Waals surface area contributed by atoms with Crippen LogP contribution in [0.5, 0.6) is 0 Å². The second-order valence-electron chi connectivity index (χ2n) is 6.19. The molecule has 0 radical (unpaired) electrons. The number of nitrogens with zero attached hydrogens (tertiary/aromatic N) is 2. The third kappa shape index (κ3) is 4.36. The highest BCUT2D eigenvalue weighted by Crippen LogP contribution is 2.21. The zero-order valence-corrected chi connectivity index (χ0v) is 15.9. The summed E-state index contributed by atoms with van der Waals surface area (Å²) < 4.78 is 14.7. The van der Waals surface area contributed by atoms with Crippen LogP contribution in [-0.4, -0.2) is 27.3 Å². The lowest BCUT2D eigenvalue weighted by atomic mass is 10.2. The van der Waals surface area contributed by atoms with Gasteiger partial charge in [-0.05, 0) is 49.7 Å². The molecular formula is C20H20FN3O2S. The average Bonchev–Trinajstić information content (AvgIpc) is 2.67. The van der Waals surface area contributed by atoms with E-state index in [-0.39, 0.29) is 29.1 Å². The van der Waals surface area contributed by atoms with Crippen LogP contribution in [0.15, 0.2) is 58.5 Å². The van der Waals surface area contributed by atoms with Gasteiger partial charge < -0.3 is 5.32 Å². The molecule has 0 fully saturated rings. The largest absolute Gasteiger partial charge is 0.353 e. The van der Waals surface area contributed by atoms with E-state index in [1.165, 1.54) is 40.6 Å². The second kappa shape index (κ2) is 8.35. The van der Waals surface area contributed by atoms with Crippen LogP contribution in [-0.2, 0) is 4.79 Å². The van der Waals surface area contributed by atoms with Crippen molar-refractivity contribution >= 4 is 28.6 Å². The van der Waals surface area contributed by atoms with Crippen LogP contribution in [0.4, 0.5) is 4.39 Å². The van der Waals surface area contributed by atoms with Crippen molar-refractivity contribution in [1.82, 2.24) is 14.9 Å². The molecule has 1 N–H and O–H groups in total. The Balaban J connectivity index is 2.02. The van der Waals surface area contributed by atoms with Crippen LogP contribution < -0.4 is 10.9 Å². The summed E-state index contributed by atoms with van der Waals surface area (Å²) in [6.07, 6.45) is 0.838. The molecule has 0 bridgehead atoms. The number of amides is 1. The predicted molar refractivity (Wildman–Crippen MR) is 106 cm³/mol. The molecule has 3 rings (SSSR count). The molecule has 0 aliphatic carbocycles. The Morgan fingerprint density at radius 2 is 1.93 bits per heavy atom. The van der Waals surface area contributed by atoms with Gasteiger partial charge in [0.15, 0.2) is 5.16 Å². The van der Waals surface area contributed by atoms with Crippen LogP contribution in [0, 0.1) is 5.82 Å². The van der Waals surface area contributed by atoms with Crippen LogP contribution in [0.1, 0.15) is 20.3 Å². The Bertz CT molecular complexity index is 1020. The molecule has 0 aliphatic rings. The zero-order chi connectivity index (χ0) is 19.4. The predicted octanol–water partition coefficient (Wildman–Crippen LogP) is 3.53. The van der Waals surface area contributed by atoms with Gasteiger partial charge in [-0.1, -0.05) is 30.8 Å². The third-order valence-electron chi connectivity index (χ3n) is 4.18. The summed E-state index contributed by atoms with van der Waals surface area (Å²) in [6.45, 7) is 3.93. The molecule has 0 saturated carbocycles. The normalized spacial score (nSPS) is 12.1. The molecule has 1 atom stereocenters. The summed E-state index contributed by atoms with van der Waals surface area (Å²) in [5, 5.41) is 3.75. The monoisotopic (exact) mass is 385 g/mol. The molecule has 7 heteroatoms. The van der Waals surface area contributed by atoms with Gasteiger partial charge in [0.1, 0.15) is 5.82 Å². The van der Waals surface area contributed by atoms with E-state index in [1.54, 1.807) is 24.3 Å². The highest BCUT2D eigenvalue weighted by molar-refractivity contribution is 7.99. The third-order valence-corrected chi connectivity index (χ3v) is 5.12. The number of aromatic nitrogens is 2. The lowest BCUT2D eigenvalue weighted by Crippen LogP contribution is -2.33. The van der Waals surface area contributed by atoms with Gasteiger partial charge in [0.2, 0.25) is 5.91 Å². The molecule has 5 nitrogen and oxygen atoms in total. The Hall–Kier alpha value is -2.67. The van der Waals surface area contributed by atoms with Gasteiger partial charge in [0.25, 0.3) is 5.56 Å². The highest BCUT2D eigenvalue weighted by Gasteiger charge is 2.15. The fourth-order valence-corrected chi connectivity index (χ4v) is 3.40. The number of benzene rings is 2. The van der Waals surface area contributed by atoms with Gasteiger partial charge in [-0.25, -0.2) is 9.37 Å². The fraction of sp³-hybridized carbons (Fsp3) is 0.250. The van der Waals surface area contributed by atoms with Crippen LogP contribution in [0.3, 0.4) is 0 Å². The SMILES string of the molecule is CC[C@@H](C)NC(=O)CSc1nc2ccccc2c(=O)n1-c1ccc(F)cc1. The number of fused-ring (bicyclic) bond motifs is 1. The van der Waals surface area contributed by atoms with Gasteiger partial charge in [0, 0.05) is 6.04 Å². The number of halogens is 1. The second-order valence-corrected chi connectivity index (χ2v) is 7.14. The van der Waals surface area contributed by atoms with Crippen LogP contribution in [0.2, 0.25) is 0 Å². The minimum Gasteiger partial charge on any atom is -0.353 e. The van der Waals surface area contributed by atoms with E-state index in [9.17, 15) is 14.0 Å². The van der Waals surface area contributed by atoms with Crippen molar-refractivity contribution in [2.24, 2.45) is 0 Å². The highest BCUT2D eigenvalue weighted by atomic mass is 32.2. The van der Waals surface area contributed by atoms with Gasteiger partial charge >= 0.3 is 0 Å². The zero-order valence-electron chi connectivity index (χ0n) is 15.1. The maximum Gasteiger partial charge on any atom is 0.266 e. The van der Waals surface area contributed by atoms with Crippen molar-refractivity contribution in [3.8, 4) is 5.69 Å². The van der Waals surface area contributed by atoms with Crippen molar-refractivity contribution in [2.75, 3.05) is 5.75 Å². The van der Waals surface area contributed by atoms with Crippen molar-refractivity contribution in [3.63, 3.8) is 0 Å². The topological polar surface area (TPSA) is 64.0 Å². The molecule has 27 heavy (non-hydrogen) atoms. The van der Waals surface area contributed by atoms with E-state index >= 15 is 0 Å². The van der Waals surface area contributed by atoms with Crippen molar-refractivity contribution in [2.45, 2.75) is 31.5 Å². The first-order valence-corrected chi connectivity index (χ1v) is 9.68. The van der Waals surface area contributed by atoms with Crippen molar-refractivity contribution in [3.05, 3.63) is 64.7 Å². The number of nitrogens with one attached hydrogen (secondary N) is 1. The van der Waals surface area contributed by atoms with E-state index < -0.39 is 0 Å². The number of carbonyl (C=O) groups excluding carboxylic acids is 1. The molecule has 1 amide bonds. The summed E-state index contributed by atoms with van der Waals surface area (Å²) in [5.74, 6) is -0.374. The van der Waals surface area contributed by atoms with Gasteiger partial charge in [-0.3, -0.25) is 14.2 Å². The standard InChI is InChI=1S/C20H20FN3O2S/c1-3-13(2)22-18(25)12-27-20-23-17-7-5-4-6-16(17)19(26)24(20)15-10-8-14(21)9-11-15/h4-11,13H,3,12H2,1-2H3,(H,22,25)/t13-/m1/s1. The Morgan fingerprint density at radius 1 is 1.22 bits per heavy atom. The lowest BCUT2D eigenvalue weighted by Gasteiger charge is -2.14. The number of rotatable bonds is 6. The number of hydrogen-bond donors (Lipinski definition) is 1. The minimum absolute atomic E-state index is 0.0851. The van der Waals surface area contributed by atoms with E-state index in [0.717, 1.165) is 6.42 Å². The summed E-state index contributed by atoms with van der Waals surface area (Å²) in [4.78, 5) is 29.7. The number of carbonyl (C=O) groups is 1. The average molecular weight is 385 g/mol. The van der Waals surface area contributed by atoms with Gasteiger partial charge in [-0.15, -0.1) is 0 Å². The summed E-state index contributed by atoms with van der Waals surface area (Å²) in [6, 6.07) is 12.8. The van der Waals surface area contributed by atoms with E-state index in [4.69, 9.17) is 0 Å². The molecular weight excluding hydrogens is 365 g/mol. The first-order chi connectivity index (χ1) is 13.0. The Morgan fingerprint density at radius 3 is 2.63 bits per heavy atom. The first-order valence-electron chi connectivity index (χ1n) is 8.69. The van der Waals surface area contributed by atoms with Gasteiger partial charge in [-0.2, -0.15) is 0 Å². The van der Waals surface area contributed by atoms with Crippen LogP contribution >= 0.6 is 11.8 Å². The molecule has 0 spiro atoms. The molecule has 140 valence electrons. The maximum atomic E-state index is 13.3.